The van der Waals surface area contributed by atoms with E-state index in [1.54, 1.807) is 11.3 Å². The zero-order valence-corrected chi connectivity index (χ0v) is 31.2. The first-order valence-electron chi connectivity index (χ1n) is 18.7. The van der Waals surface area contributed by atoms with Crippen molar-refractivity contribution in [3.63, 3.8) is 0 Å². The van der Waals surface area contributed by atoms with Gasteiger partial charge in [-0.25, -0.2) is 19.9 Å². The Hall–Kier alpha value is -7.42. The second-order valence-electron chi connectivity index (χ2n) is 14.0. The van der Waals surface area contributed by atoms with E-state index < -0.39 is 0 Å². The number of para-hydroxylation sites is 2. The molecule has 0 aliphatic rings. The van der Waals surface area contributed by atoms with E-state index in [0.29, 0.717) is 29.7 Å². The van der Waals surface area contributed by atoms with Crippen LogP contribution in [0.25, 0.3) is 88.1 Å². The molecule has 4 heterocycles. The summed E-state index contributed by atoms with van der Waals surface area (Å²) >= 11 is 1.75. The van der Waals surface area contributed by atoms with E-state index in [4.69, 9.17) is 34.5 Å². The minimum Gasteiger partial charge on any atom is -0.456 e. The number of hydrogen-bond donors (Lipinski definition) is 1. The fourth-order valence-electron chi connectivity index (χ4n) is 7.73. The summed E-state index contributed by atoms with van der Waals surface area (Å²) in [6, 6.07) is 54.9. The normalized spacial score (nSPS) is 12.1. The molecule has 7 aromatic carbocycles. The van der Waals surface area contributed by atoms with Gasteiger partial charge in [0.25, 0.3) is 0 Å². The van der Waals surface area contributed by atoms with E-state index in [-0.39, 0.29) is 0 Å². The zero-order valence-electron chi connectivity index (χ0n) is 30.4. The van der Waals surface area contributed by atoms with E-state index in [9.17, 15) is 0 Å². The van der Waals surface area contributed by atoms with E-state index in [1.807, 2.05) is 103 Å². The molecular weight excluding hydrogens is 723 g/mol. The standard InChI is InChI=1S/C49H31N5O2S/c50-46(30-13-3-1-4-14-30)51-44-34-18-8-10-24-41(34)57-42(44)28-29-25-26-39-37(27-29)43-35(20-12-23-40(43)55-39)48-52-47(31-15-5-2-6-16-31)53-49(54-48)36-21-11-19-33-32-17-7-9-22-38(32)56-45(33)36/h1-27H,28H2,(H2,50,51). The molecule has 0 bridgehead atoms. The summed E-state index contributed by atoms with van der Waals surface area (Å²) in [5.41, 5.74) is 15.1. The number of amidine groups is 1. The molecule has 4 aromatic heterocycles. The van der Waals surface area contributed by atoms with Crippen LogP contribution in [0.1, 0.15) is 16.0 Å². The van der Waals surface area contributed by atoms with Gasteiger partial charge >= 0.3 is 0 Å². The number of rotatable bonds is 7. The van der Waals surface area contributed by atoms with Crippen molar-refractivity contribution in [2.24, 2.45) is 10.7 Å². The topological polar surface area (TPSA) is 103 Å². The number of nitrogens with two attached hydrogens (primary N) is 1. The highest BCUT2D eigenvalue weighted by molar-refractivity contribution is 7.19. The SMILES string of the molecule is NC(=Nc1c(Cc2ccc3oc4cccc(-c5nc(-c6ccccc6)nc(-c6cccc7c6oc6ccccc67)n5)c4c3c2)sc2ccccc12)c1ccccc1. The lowest BCUT2D eigenvalue weighted by atomic mass is 10.0. The van der Waals surface area contributed by atoms with Crippen molar-refractivity contribution >= 4 is 76.8 Å². The zero-order chi connectivity index (χ0) is 37.9. The molecule has 2 N–H and O–H groups in total. The van der Waals surface area contributed by atoms with Gasteiger partial charge in [-0.15, -0.1) is 11.3 Å². The fourth-order valence-corrected chi connectivity index (χ4v) is 8.91. The molecule has 0 radical (unpaired) electrons. The van der Waals surface area contributed by atoms with Gasteiger partial charge in [0.05, 0.1) is 11.3 Å². The number of hydrogen-bond acceptors (Lipinski definition) is 7. The minimum absolute atomic E-state index is 0.490. The van der Waals surface area contributed by atoms with Gasteiger partial charge in [0.1, 0.15) is 28.2 Å². The van der Waals surface area contributed by atoms with E-state index in [2.05, 4.69) is 60.7 Å². The van der Waals surface area contributed by atoms with Crippen LogP contribution in [0.4, 0.5) is 5.69 Å². The number of nitrogens with zero attached hydrogens (tertiary/aromatic N) is 4. The molecule has 0 saturated carbocycles. The molecule has 0 aliphatic carbocycles. The lowest BCUT2D eigenvalue weighted by Gasteiger charge is -2.09. The molecule has 57 heavy (non-hydrogen) atoms. The number of fused-ring (bicyclic) bond motifs is 7. The third-order valence-corrected chi connectivity index (χ3v) is 11.6. The van der Waals surface area contributed by atoms with Crippen molar-refractivity contribution < 1.29 is 8.83 Å². The Labute approximate surface area is 330 Å². The number of thiophene rings is 1. The van der Waals surface area contributed by atoms with Crippen molar-refractivity contribution in [1.29, 1.82) is 0 Å². The Morgan fingerprint density at radius 3 is 2.05 bits per heavy atom. The number of aliphatic imine (C=N–C) groups is 1. The molecule has 0 spiro atoms. The van der Waals surface area contributed by atoms with E-state index in [1.165, 1.54) is 4.70 Å². The molecule has 0 amide bonds. The quantitative estimate of drug-likeness (QED) is 0.128. The van der Waals surface area contributed by atoms with Crippen LogP contribution in [0.3, 0.4) is 0 Å². The Morgan fingerprint density at radius 2 is 1.19 bits per heavy atom. The molecular formula is C49H31N5O2S. The van der Waals surface area contributed by atoms with E-state index in [0.717, 1.165) is 87.6 Å². The maximum Gasteiger partial charge on any atom is 0.167 e. The van der Waals surface area contributed by atoms with Crippen molar-refractivity contribution in [3.05, 3.63) is 180 Å². The third-order valence-electron chi connectivity index (χ3n) is 10.4. The monoisotopic (exact) mass is 753 g/mol. The van der Waals surface area contributed by atoms with Gasteiger partial charge in [-0.1, -0.05) is 127 Å². The molecule has 0 fully saturated rings. The molecule has 270 valence electrons. The average Bonchev–Trinajstić information content (AvgIpc) is 3.95. The highest BCUT2D eigenvalue weighted by Gasteiger charge is 2.21. The molecule has 0 saturated heterocycles. The highest BCUT2D eigenvalue weighted by Crippen LogP contribution is 2.42. The van der Waals surface area contributed by atoms with Crippen LogP contribution in [0.15, 0.2) is 178 Å². The molecule has 7 nitrogen and oxygen atoms in total. The smallest absolute Gasteiger partial charge is 0.167 e. The average molecular weight is 754 g/mol. The lowest BCUT2D eigenvalue weighted by Crippen LogP contribution is -2.12. The highest BCUT2D eigenvalue weighted by atomic mass is 32.1. The van der Waals surface area contributed by atoms with Crippen molar-refractivity contribution in [2.45, 2.75) is 6.42 Å². The molecule has 0 unspecified atom stereocenters. The minimum atomic E-state index is 0.490. The summed E-state index contributed by atoms with van der Waals surface area (Å²) in [7, 11) is 0. The van der Waals surface area contributed by atoms with Gasteiger partial charge in [-0.2, -0.15) is 0 Å². The summed E-state index contributed by atoms with van der Waals surface area (Å²) in [6.07, 6.45) is 0.667. The summed E-state index contributed by atoms with van der Waals surface area (Å²) in [4.78, 5) is 21.5. The predicted octanol–water partition coefficient (Wildman–Crippen LogP) is 12.5. The Balaban J connectivity index is 1.07. The van der Waals surface area contributed by atoms with Crippen LogP contribution >= 0.6 is 11.3 Å². The summed E-state index contributed by atoms with van der Waals surface area (Å²) in [6.45, 7) is 0. The second kappa shape index (κ2) is 13.4. The fraction of sp³-hybridized carbons (Fsp3) is 0.0204. The van der Waals surface area contributed by atoms with Crippen LogP contribution in [0.5, 0.6) is 0 Å². The predicted molar refractivity (Wildman–Crippen MR) is 232 cm³/mol. The maximum absolute atomic E-state index is 6.60. The van der Waals surface area contributed by atoms with E-state index >= 15 is 0 Å². The van der Waals surface area contributed by atoms with Crippen LogP contribution in [0, 0.1) is 0 Å². The summed E-state index contributed by atoms with van der Waals surface area (Å²) in [5.74, 6) is 2.14. The van der Waals surface area contributed by atoms with Gasteiger partial charge in [0, 0.05) is 59.6 Å². The molecule has 8 heteroatoms. The number of furan rings is 2. The molecule has 11 rings (SSSR count). The van der Waals surface area contributed by atoms with Crippen LogP contribution in [-0.4, -0.2) is 20.8 Å². The molecule has 0 atom stereocenters. The Bertz CT molecular complexity index is 3350. The second-order valence-corrected chi connectivity index (χ2v) is 15.1. The van der Waals surface area contributed by atoms with Crippen LogP contribution < -0.4 is 5.73 Å². The first kappa shape index (κ1) is 33.0. The third kappa shape index (κ3) is 5.73. The van der Waals surface area contributed by atoms with Crippen LogP contribution in [-0.2, 0) is 6.42 Å². The van der Waals surface area contributed by atoms with Gasteiger partial charge in [-0.3, -0.25) is 0 Å². The van der Waals surface area contributed by atoms with Gasteiger partial charge < -0.3 is 14.6 Å². The van der Waals surface area contributed by atoms with Crippen molar-refractivity contribution in [3.8, 4) is 34.2 Å². The summed E-state index contributed by atoms with van der Waals surface area (Å²) < 4.78 is 14.1. The van der Waals surface area contributed by atoms with Crippen LogP contribution in [0.2, 0.25) is 0 Å². The maximum atomic E-state index is 6.60. The molecule has 0 aliphatic heterocycles. The molecule has 11 aromatic rings. The van der Waals surface area contributed by atoms with Crippen molar-refractivity contribution in [2.75, 3.05) is 0 Å². The Morgan fingerprint density at radius 1 is 0.544 bits per heavy atom. The lowest BCUT2D eigenvalue weighted by molar-refractivity contribution is 0.668. The van der Waals surface area contributed by atoms with Gasteiger partial charge in [-0.05, 0) is 42.0 Å². The van der Waals surface area contributed by atoms with Crippen molar-refractivity contribution in [1.82, 2.24) is 15.0 Å². The largest absolute Gasteiger partial charge is 0.456 e. The number of benzene rings is 7. The Kier molecular flexibility index (Phi) is 7.75. The summed E-state index contributed by atoms with van der Waals surface area (Å²) in [5, 5.41) is 5.07. The number of aromatic nitrogens is 3. The van der Waals surface area contributed by atoms with Gasteiger partial charge in [0.2, 0.25) is 0 Å². The van der Waals surface area contributed by atoms with Gasteiger partial charge in [0.15, 0.2) is 17.5 Å². The first-order valence-corrected chi connectivity index (χ1v) is 19.5. The first-order chi connectivity index (χ1) is 28.1.